The number of aromatic nitrogens is 2. The molecule has 0 bridgehead atoms. The summed E-state index contributed by atoms with van der Waals surface area (Å²) in [6, 6.07) is 0. The highest BCUT2D eigenvalue weighted by molar-refractivity contribution is 6.07. The predicted molar refractivity (Wildman–Crippen MR) is 71.8 cm³/mol. The van der Waals surface area contributed by atoms with Gasteiger partial charge in [0.2, 0.25) is 5.82 Å². The molecule has 126 valence electrons. The van der Waals surface area contributed by atoms with Crippen molar-refractivity contribution in [2.75, 3.05) is 6.54 Å². The molecule has 0 radical (unpaired) electrons. The van der Waals surface area contributed by atoms with Crippen LogP contribution in [0.5, 0.6) is 0 Å². The molecule has 3 heterocycles. The zero-order valence-corrected chi connectivity index (χ0v) is 11.6. The summed E-state index contributed by atoms with van der Waals surface area (Å²) in [4.78, 5) is 7.60. The minimum Gasteiger partial charge on any atom is -0.318 e. The molecule has 0 saturated carbocycles. The third kappa shape index (κ3) is 3.01. The predicted octanol–water partition coefficient (Wildman–Crippen LogP) is 3.04. The molecule has 0 N–H and O–H groups in total. The van der Waals surface area contributed by atoms with Crippen LogP contribution in [0.2, 0.25) is 0 Å². The maximum Gasteiger partial charge on any atom is 0.451 e. The summed E-state index contributed by atoms with van der Waals surface area (Å²) in [7, 11) is 0. The topological polar surface area (TPSA) is 53.7 Å². The van der Waals surface area contributed by atoms with Crippen molar-refractivity contribution in [2.24, 2.45) is 10.2 Å². The summed E-state index contributed by atoms with van der Waals surface area (Å²) in [5.41, 5.74) is -0.787. The Labute approximate surface area is 130 Å². The number of hydrogen-bond acceptors (Lipinski definition) is 5. The normalized spacial score (nSPS) is 17.9. The van der Waals surface area contributed by atoms with E-state index in [0.717, 1.165) is 12.4 Å². The van der Waals surface area contributed by atoms with E-state index in [0.29, 0.717) is 0 Å². The van der Waals surface area contributed by atoms with Crippen LogP contribution in [0.1, 0.15) is 11.4 Å². The van der Waals surface area contributed by atoms with Gasteiger partial charge in [0.1, 0.15) is 0 Å². The summed E-state index contributed by atoms with van der Waals surface area (Å²) in [5, 5.41) is 6.63. The quantitative estimate of drug-likeness (QED) is 0.734. The lowest BCUT2D eigenvalue weighted by Gasteiger charge is -2.31. The van der Waals surface area contributed by atoms with E-state index >= 15 is 0 Å². The number of amidine groups is 1. The molecule has 0 aliphatic carbocycles. The summed E-state index contributed by atoms with van der Waals surface area (Å²) in [6.45, 7) is -0.612. The van der Waals surface area contributed by atoms with Gasteiger partial charge < -0.3 is 4.90 Å². The van der Waals surface area contributed by atoms with E-state index in [9.17, 15) is 26.3 Å². The van der Waals surface area contributed by atoms with Crippen LogP contribution in [0.3, 0.4) is 0 Å². The van der Waals surface area contributed by atoms with Crippen LogP contribution >= 0.6 is 0 Å². The summed E-state index contributed by atoms with van der Waals surface area (Å²) >= 11 is 0. The third-order valence-electron chi connectivity index (χ3n) is 3.18. The first-order chi connectivity index (χ1) is 11.2. The fourth-order valence-electron chi connectivity index (χ4n) is 2.08. The number of fused-ring (bicyclic) bond motifs is 1. The average Bonchev–Trinajstić information content (AvgIpc) is 2.52. The number of allylic oxidation sites excluding steroid dienone is 2. The molecule has 11 heteroatoms. The number of nitrogens with zero attached hydrogens (tertiary/aromatic N) is 5. The van der Waals surface area contributed by atoms with Crippen molar-refractivity contribution in [3.05, 3.63) is 42.0 Å². The largest absolute Gasteiger partial charge is 0.451 e. The molecule has 0 atom stereocenters. The number of alkyl halides is 6. The van der Waals surface area contributed by atoms with Gasteiger partial charge in [0.25, 0.3) is 0 Å². The van der Waals surface area contributed by atoms with Gasteiger partial charge in [-0.3, -0.25) is 0 Å². The zero-order chi connectivity index (χ0) is 17.5. The van der Waals surface area contributed by atoms with E-state index in [-0.39, 0.29) is 17.1 Å². The molecule has 1 aromatic heterocycles. The smallest absolute Gasteiger partial charge is 0.318 e. The Morgan fingerprint density at radius 3 is 2.17 bits per heavy atom. The van der Waals surface area contributed by atoms with Gasteiger partial charge in [0, 0.05) is 18.0 Å². The van der Waals surface area contributed by atoms with E-state index in [2.05, 4.69) is 20.2 Å². The van der Waals surface area contributed by atoms with Gasteiger partial charge in [-0.1, -0.05) is 6.08 Å². The second kappa shape index (κ2) is 5.42. The molecular formula is C13H7F6N5. The Morgan fingerprint density at radius 1 is 0.917 bits per heavy atom. The number of halogens is 6. The van der Waals surface area contributed by atoms with E-state index in [4.69, 9.17) is 0 Å². The Hall–Kier alpha value is -2.72. The van der Waals surface area contributed by atoms with Gasteiger partial charge in [-0.25, -0.2) is 9.97 Å². The Kier molecular flexibility index (Phi) is 3.65. The fraction of sp³-hybridized carbons (Fsp3) is 0.231. The molecule has 0 fully saturated rings. The Morgan fingerprint density at radius 2 is 1.58 bits per heavy atom. The lowest BCUT2D eigenvalue weighted by atomic mass is 10.1. The lowest BCUT2D eigenvalue weighted by Crippen LogP contribution is -2.42. The van der Waals surface area contributed by atoms with E-state index in [1.54, 1.807) is 0 Å². The van der Waals surface area contributed by atoms with Crippen molar-refractivity contribution < 1.29 is 26.3 Å². The molecule has 1 aromatic rings. The maximum atomic E-state index is 12.8. The second-order valence-corrected chi connectivity index (χ2v) is 4.79. The van der Waals surface area contributed by atoms with Crippen LogP contribution in [-0.4, -0.2) is 39.1 Å². The van der Waals surface area contributed by atoms with Crippen molar-refractivity contribution >= 4 is 17.2 Å². The Balaban J connectivity index is 1.93. The SMILES string of the molecule is FC(F)(F)C1=NN=C2C=CC=C(c3cnc(C(F)(F)F)nc3)N2C1. The molecule has 2 aliphatic heterocycles. The van der Waals surface area contributed by atoms with E-state index in [1.807, 2.05) is 0 Å². The van der Waals surface area contributed by atoms with E-state index in [1.165, 1.54) is 23.1 Å². The standard InChI is InChI=1S/C13H7F6N5/c14-12(15,16)9-6-24-8(2-1-3-10(24)23-22-9)7-4-20-11(21-5-7)13(17,18)19/h1-5H,6H2. The molecule has 3 rings (SSSR count). The van der Waals surface area contributed by atoms with Crippen LogP contribution in [0, 0.1) is 0 Å². The van der Waals surface area contributed by atoms with Gasteiger partial charge in [-0.2, -0.15) is 26.3 Å². The lowest BCUT2D eigenvalue weighted by molar-refractivity contribution is -0.145. The van der Waals surface area contributed by atoms with Gasteiger partial charge in [0.05, 0.1) is 12.2 Å². The molecule has 0 aromatic carbocycles. The summed E-state index contributed by atoms with van der Waals surface area (Å²) in [6.07, 6.45) is -3.19. The number of hydrogen-bond donors (Lipinski definition) is 0. The molecule has 0 amide bonds. The number of rotatable bonds is 1. The van der Waals surface area contributed by atoms with Gasteiger partial charge in [0.15, 0.2) is 11.5 Å². The maximum absolute atomic E-state index is 12.8. The minimum absolute atomic E-state index is 0.128. The fourth-order valence-corrected chi connectivity index (χ4v) is 2.08. The van der Waals surface area contributed by atoms with Gasteiger partial charge >= 0.3 is 12.4 Å². The van der Waals surface area contributed by atoms with Crippen LogP contribution in [-0.2, 0) is 6.18 Å². The zero-order valence-electron chi connectivity index (χ0n) is 11.6. The first kappa shape index (κ1) is 16.1. The highest BCUT2D eigenvalue weighted by atomic mass is 19.4. The molecule has 0 unspecified atom stereocenters. The highest BCUT2D eigenvalue weighted by Gasteiger charge is 2.40. The molecular weight excluding hydrogens is 340 g/mol. The van der Waals surface area contributed by atoms with Crippen molar-refractivity contribution in [3.63, 3.8) is 0 Å². The van der Waals surface area contributed by atoms with Gasteiger partial charge in [-0.15, -0.1) is 10.2 Å². The van der Waals surface area contributed by atoms with Crippen molar-refractivity contribution in [1.29, 1.82) is 0 Å². The molecule has 0 saturated heterocycles. The van der Waals surface area contributed by atoms with Crippen LogP contribution < -0.4 is 0 Å². The second-order valence-electron chi connectivity index (χ2n) is 4.79. The molecule has 0 spiro atoms. The van der Waals surface area contributed by atoms with Gasteiger partial charge in [-0.05, 0) is 12.2 Å². The Bertz CT molecular complexity index is 770. The summed E-state index contributed by atoms with van der Waals surface area (Å²) in [5.74, 6) is -1.19. The van der Waals surface area contributed by atoms with Crippen LogP contribution in [0.15, 0.2) is 40.8 Å². The molecule has 24 heavy (non-hydrogen) atoms. The highest BCUT2D eigenvalue weighted by Crippen LogP contribution is 2.30. The molecule has 2 aliphatic rings. The molecule has 5 nitrogen and oxygen atoms in total. The third-order valence-corrected chi connectivity index (χ3v) is 3.18. The van der Waals surface area contributed by atoms with E-state index < -0.39 is 30.4 Å². The van der Waals surface area contributed by atoms with Crippen molar-refractivity contribution in [3.8, 4) is 0 Å². The first-order valence-electron chi connectivity index (χ1n) is 6.43. The summed E-state index contributed by atoms with van der Waals surface area (Å²) < 4.78 is 75.9. The van der Waals surface area contributed by atoms with Crippen molar-refractivity contribution in [2.45, 2.75) is 12.4 Å². The monoisotopic (exact) mass is 347 g/mol. The first-order valence-corrected chi connectivity index (χ1v) is 6.43. The van der Waals surface area contributed by atoms with Crippen LogP contribution in [0.25, 0.3) is 5.70 Å². The van der Waals surface area contributed by atoms with Crippen molar-refractivity contribution in [1.82, 2.24) is 14.9 Å². The minimum atomic E-state index is -4.70. The van der Waals surface area contributed by atoms with Crippen LogP contribution in [0.4, 0.5) is 26.3 Å². The average molecular weight is 347 g/mol.